The molecule has 1 aromatic heterocycles. The quantitative estimate of drug-likeness (QED) is 0.831. The van der Waals surface area contributed by atoms with E-state index >= 15 is 0 Å². The molecular weight excluding hydrogens is 204 g/mol. The number of aromatic nitrogens is 1. The van der Waals surface area contributed by atoms with Gasteiger partial charge in [-0.3, -0.25) is 0 Å². The zero-order valence-electron chi connectivity index (χ0n) is 10.0. The molecule has 2 heterocycles. The Balaban J connectivity index is 2.10. The largest absolute Gasteiger partial charge is 0.448 e. The third-order valence-corrected chi connectivity index (χ3v) is 3.16. The fourth-order valence-electron chi connectivity index (χ4n) is 2.31. The Morgan fingerprint density at radius 3 is 3.12 bits per heavy atom. The lowest BCUT2D eigenvalue weighted by atomic mass is 9.95. The predicted molar refractivity (Wildman–Crippen MR) is 61.3 cm³/mol. The molecule has 0 bridgehead atoms. The molecule has 0 radical (unpaired) electrons. The van der Waals surface area contributed by atoms with E-state index in [-0.39, 0.29) is 0 Å². The van der Waals surface area contributed by atoms with Crippen molar-refractivity contribution >= 4 is 0 Å². The molecule has 1 saturated heterocycles. The molecule has 1 aromatic rings. The van der Waals surface area contributed by atoms with Gasteiger partial charge in [0.05, 0.1) is 11.8 Å². The molecule has 0 saturated carbocycles. The molecule has 4 nitrogen and oxygen atoms in total. The van der Waals surface area contributed by atoms with Gasteiger partial charge in [0.1, 0.15) is 5.76 Å². The summed E-state index contributed by atoms with van der Waals surface area (Å²) in [4.78, 5) is 4.28. The maximum absolute atomic E-state index is 5.69. The van der Waals surface area contributed by atoms with E-state index in [2.05, 4.69) is 24.1 Å². The fraction of sp³-hybridized carbons (Fsp3) is 0.750. The van der Waals surface area contributed by atoms with Gasteiger partial charge < -0.3 is 14.5 Å². The van der Waals surface area contributed by atoms with Crippen molar-refractivity contribution in [1.82, 2.24) is 10.3 Å². The van der Waals surface area contributed by atoms with Crippen molar-refractivity contribution in [1.29, 1.82) is 0 Å². The molecule has 4 heteroatoms. The molecule has 0 aromatic carbocycles. The van der Waals surface area contributed by atoms with Crippen LogP contribution in [0, 0.1) is 0 Å². The van der Waals surface area contributed by atoms with Crippen LogP contribution in [0.25, 0.3) is 0 Å². The van der Waals surface area contributed by atoms with E-state index in [0.717, 1.165) is 44.0 Å². The van der Waals surface area contributed by atoms with Crippen LogP contribution in [0.3, 0.4) is 0 Å². The normalized spacial score (nSPS) is 25.1. The monoisotopic (exact) mass is 224 g/mol. The van der Waals surface area contributed by atoms with Crippen molar-refractivity contribution in [3.05, 3.63) is 17.8 Å². The highest BCUT2D eigenvalue weighted by Crippen LogP contribution is 2.34. The molecule has 0 amide bonds. The van der Waals surface area contributed by atoms with Crippen LogP contribution in [0.1, 0.15) is 44.1 Å². The molecule has 2 rings (SSSR count). The molecule has 2 unspecified atom stereocenters. The number of rotatable bonds is 5. The minimum atomic E-state index is 0.299. The summed E-state index contributed by atoms with van der Waals surface area (Å²) in [5.41, 5.74) is 1.04. The van der Waals surface area contributed by atoms with Gasteiger partial charge >= 0.3 is 0 Å². The molecule has 1 aliphatic heterocycles. The van der Waals surface area contributed by atoms with Crippen LogP contribution in [-0.4, -0.2) is 24.2 Å². The van der Waals surface area contributed by atoms with Crippen LogP contribution >= 0.6 is 0 Å². The lowest BCUT2D eigenvalue weighted by Crippen LogP contribution is -2.17. The standard InChI is InChI=1S/C12H20N2O2/c1-3-11-9(5-6-15-11)12-10(7-13-4-2)14-8-16-12/h8-9,11,13H,3-7H2,1-2H3. The number of oxazole rings is 1. The minimum absolute atomic E-state index is 0.299. The van der Waals surface area contributed by atoms with Gasteiger partial charge in [-0.2, -0.15) is 0 Å². The lowest BCUT2D eigenvalue weighted by Gasteiger charge is -2.15. The average molecular weight is 224 g/mol. The summed E-state index contributed by atoms with van der Waals surface area (Å²) in [6.45, 7) is 6.82. The third kappa shape index (κ3) is 2.28. The zero-order chi connectivity index (χ0) is 11.4. The third-order valence-electron chi connectivity index (χ3n) is 3.16. The maximum atomic E-state index is 5.69. The number of hydrogen-bond acceptors (Lipinski definition) is 4. The highest BCUT2D eigenvalue weighted by molar-refractivity contribution is 5.15. The maximum Gasteiger partial charge on any atom is 0.181 e. The predicted octanol–water partition coefficient (Wildman–Crippen LogP) is 2.07. The molecule has 16 heavy (non-hydrogen) atoms. The second-order valence-corrected chi connectivity index (χ2v) is 4.16. The molecule has 1 fully saturated rings. The van der Waals surface area contributed by atoms with E-state index in [1.54, 1.807) is 6.39 Å². The molecule has 2 atom stereocenters. The van der Waals surface area contributed by atoms with E-state index in [9.17, 15) is 0 Å². The summed E-state index contributed by atoms with van der Waals surface area (Å²) < 4.78 is 11.2. The summed E-state index contributed by atoms with van der Waals surface area (Å²) in [6, 6.07) is 0. The molecule has 1 aliphatic rings. The van der Waals surface area contributed by atoms with Crippen molar-refractivity contribution in [2.45, 2.75) is 45.3 Å². The van der Waals surface area contributed by atoms with Gasteiger partial charge in [0.2, 0.25) is 0 Å². The fourth-order valence-corrected chi connectivity index (χ4v) is 2.31. The Kier molecular flexibility index (Phi) is 3.96. The lowest BCUT2D eigenvalue weighted by molar-refractivity contribution is 0.0971. The van der Waals surface area contributed by atoms with Crippen LogP contribution in [-0.2, 0) is 11.3 Å². The first-order valence-electron chi connectivity index (χ1n) is 6.11. The van der Waals surface area contributed by atoms with E-state index < -0.39 is 0 Å². The van der Waals surface area contributed by atoms with Gasteiger partial charge in [0.15, 0.2) is 6.39 Å². The molecular formula is C12H20N2O2. The van der Waals surface area contributed by atoms with E-state index in [4.69, 9.17) is 9.15 Å². The summed E-state index contributed by atoms with van der Waals surface area (Å²) >= 11 is 0. The number of hydrogen-bond donors (Lipinski definition) is 1. The highest BCUT2D eigenvalue weighted by Gasteiger charge is 2.32. The van der Waals surface area contributed by atoms with Gasteiger partial charge in [-0.25, -0.2) is 4.98 Å². The van der Waals surface area contributed by atoms with Crippen LogP contribution in [0.15, 0.2) is 10.8 Å². The van der Waals surface area contributed by atoms with Gasteiger partial charge in [0.25, 0.3) is 0 Å². The van der Waals surface area contributed by atoms with E-state index in [0.29, 0.717) is 12.0 Å². The van der Waals surface area contributed by atoms with E-state index in [1.807, 2.05) is 0 Å². The summed E-state index contributed by atoms with van der Waals surface area (Å²) in [5, 5.41) is 3.28. The summed E-state index contributed by atoms with van der Waals surface area (Å²) in [5.74, 6) is 1.41. The number of nitrogens with one attached hydrogen (secondary N) is 1. The molecule has 0 spiro atoms. The highest BCUT2D eigenvalue weighted by atomic mass is 16.5. The average Bonchev–Trinajstić information content (AvgIpc) is 2.93. The van der Waals surface area contributed by atoms with Crippen LogP contribution in [0.5, 0.6) is 0 Å². The molecule has 90 valence electrons. The van der Waals surface area contributed by atoms with Crippen molar-refractivity contribution in [2.75, 3.05) is 13.2 Å². The van der Waals surface area contributed by atoms with Gasteiger partial charge in [0, 0.05) is 19.1 Å². The first-order valence-corrected chi connectivity index (χ1v) is 6.11. The van der Waals surface area contributed by atoms with Crippen LogP contribution < -0.4 is 5.32 Å². The number of nitrogens with zero attached hydrogens (tertiary/aromatic N) is 1. The SMILES string of the molecule is CCNCc1ncoc1C1CCOC1CC. The van der Waals surface area contributed by atoms with Gasteiger partial charge in [-0.05, 0) is 19.4 Å². The van der Waals surface area contributed by atoms with Crippen molar-refractivity contribution in [2.24, 2.45) is 0 Å². The summed E-state index contributed by atoms with van der Waals surface area (Å²) in [6.07, 6.45) is 3.93. The molecule has 0 aliphatic carbocycles. The minimum Gasteiger partial charge on any atom is -0.448 e. The Labute approximate surface area is 96.4 Å². The van der Waals surface area contributed by atoms with Crippen LogP contribution in [0.4, 0.5) is 0 Å². The Bertz CT molecular complexity index is 325. The topological polar surface area (TPSA) is 47.3 Å². The van der Waals surface area contributed by atoms with Crippen molar-refractivity contribution in [3.8, 4) is 0 Å². The Hall–Kier alpha value is -0.870. The first kappa shape index (κ1) is 11.6. The molecule has 1 N–H and O–H groups in total. The zero-order valence-corrected chi connectivity index (χ0v) is 10.0. The second kappa shape index (κ2) is 5.46. The van der Waals surface area contributed by atoms with Crippen molar-refractivity contribution < 1.29 is 9.15 Å². The van der Waals surface area contributed by atoms with Crippen molar-refractivity contribution in [3.63, 3.8) is 0 Å². The smallest absolute Gasteiger partial charge is 0.181 e. The van der Waals surface area contributed by atoms with Crippen LogP contribution in [0.2, 0.25) is 0 Å². The van der Waals surface area contributed by atoms with E-state index in [1.165, 1.54) is 0 Å². The van der Waals surface area contributed by atoms with Gasteiger partial charge in [-0.1, -0.05) is 13.8 Å². The van der Waals surface area contributed by atoms with Gasteiger partial charge in [-0.15, -0.1) is 0 Å². The number of ether oxygens (including phenoxy) is 1. The Morgan fingerprint density at radius 1 is 1.50 bits per heavy atom. The summed E-state index contributed by atoms with van der Waals surface area (Å²) in [7, 11) is 0. The first-order chi connectivity index (χ1) is 7.86. The second-order valence-electron chi connectivity index (χ2n) is 4.16. The Morgan fingerprint density at radius 2 is 2.38 bits per heavy atom.